The maximum atomic E-state index is 14.3. The Morgan fingerprint density at radius 2 is 2.04 bits per heavy atom. The summed E-state index contributed by atoms with van der Waals surface area (Å²) in [5, 5.41) is 0. The number of benzene rings is 1. The SMILES string of the molecule is CCCCc1c(F)cccc1CO[C@@H]1[C@H]2OC(C)(C)O[C@H]2O[C@@H]1C(=O)CC. The van der Waals surface area contributed by atoms with Crippen molar-refractivity contribution in [3.63, 3.8) is 0 Å². The van der Waals surface area contributed by atoms with Crippen LogP contribution in [0.25, 0.3) is 0 Å². The lowest BCUT2D eigenvalue weighted by atomic mass is 10.0. The predicted octanol–water partition coefficient (Wildman–Crippen LogP) is 3.91. The van der Waals surface area contributed by atoms with E-state index in [1.54, 1.807) is 26.8 Å². The molecule has 3 rings (SSSR count). The van der Waals surface area contributed by atoms with Crippen LogP contribution >= 0.6 is 0 Å². The van der Waals surface area contributed by atoms with Crippen molar-refractivity contribution in [1.29, 1.82) is 0 Å². The molecule has 1 aromatic rings. The Bertz CT molecular complexity index is 675. The summed E-state index contributed by atoms with van der Waals surface area (Å²) < 4.78 is 37.8. The van der Waals surface area contributed by atoms with Crippen molar-refractivity contribution in [3.8, 4) is 0 Å². The van der Waals surface area contributed by atoms with E-state index < -0.39 is 30.4 Å². The first kappa shape index (κ1) is 20.4. The lowest BCUT2D eigenvalue weighted by Crippen LogP contribution is -2.40. The van der Waals surface area contributed by atoms with E-state index in [2.05, 4.69) is 6.92 Å². The number of hydrogen-bond donors (Lipinski definition) is 0. The summed E-state index contributed by atoms with van der Waals surface area (Å²) in [6.07, 6.45) is 0.495. The summed E-state index contributed by atoms with van der Waals surface area (Å²) >= 11 is 0. The molecule has 0 bridgehead atoms. The molecule has 6 heteroatoms. The molecule has 0 aromatic heterocycles. The average molecular weight is 380 g/mol. The Morgan fingerprint density at radius 1 is 1.26 bits per heavy atom. The van der Waals surface area contributed by atoms with Crippen molar-refractivity contribution in [2.45, 2.75) is 90.4 Å². The molecule has 0 spiro atoms. The highest BCUT2D eigenvalue weighted by Gasteiger charge is 2.57. The number of fused-ring (bicyclic) bond motifs is 1. The lowest BCUT2D eigenvalue weighted by Gasteiger charge is -2.25. The molecule has 2 aliphatic heterocycles. The predicted molar refractivity (Wildman–Crippen MR) is 97.6 cm³/mol. The van der Waals surface area contributed by atoms with Gasteiger partial charge in [0.25, 0.3) is 0 Å². The number of carbonyl (C=O) groups excluding carboxylic acids is 1. The van der Waals surface area contributed by atoms with Crippen molar-refractivity contribution in [2.75, 3.05) is 0 Å². The molecule has 2 heterocycles. The molecule has 0 radical (unpaired) electrons. The highest BCUT2D eigenvalue weighted by Crippen LogP contribution is 2.39. The number of hydrogen-bond acceptors (Lipinski definition) is 5. The molecule has 0 unspecified atom stereocenters. The smallest absolute Gasteiger partial charge is 0.190 e. The molecule has 0 saturated carbocycles. The summed E-state index contributed by atoms with van der Waals surface area (Å²) in [7, 11) is 0. The van der Waals surface area contributed by atoms with E-state index in [1.807, 2.05) is 6.07 Å². The number of rotatable bonds is 8. The van der Waals surface area contributed by atoms with Crippen LogP contribution in [0.5, 0.6) is 0 Å². The summed E-state index contributed by atoms with van der Waals surface area (Å²) in [4.78, 5) is 12.3. The van der Waals surface area contributed by atoms with Crippen molar-refractivity contribution in [2.24, 2.45) is 0 Å². The number of ketones is 1. The van der Waals surface area contributed by atoms with E-state index in [-0.39, 0.29) is 18.2 Å². The molecule has 1 aromatic carbocycles. The molecule has 150 valence electrons. The fraction of sp³-hybridized carbons (Fsp3) is 0.667. The van der Waals surface area contributed by atoms with Crippen molar-refractivity contribution < 1.29 is 28.1 Å². The number of halogens is 1. The summed E-state index contributed by atoms with van der Waals surface area (Å²) in [5.41, 5.74) is 1.48. The Labute approximate surface area is 160 Å². The summed E-state index contributed by atoms with van der Waals surface area (Å²) in [5.74, 6) is -1.06. The molecule has 27 heavy (non-hydrogen) atoms. The van der Waals surface area contributed by atoms with E-state index in [0.717, 1.165) is 18.4 Å². The highest BCUT2D eigenvalue weighted by atomic mass is 19.1. The van der Waals surface area contributed by atoms with Crippen LogP contribution in [-0.2, 0) is 36.8 Å². The van der Waals surface area contributed by atoms with Crippen molar-refractivity contribution in [1.82, 2.24) is 0 Å². The van der Waals surface area contributed by atoms with E-state index in [1.165, 1.54) is 6.07 Å². The van der Waals surface area contributed by atoms with Gasteiger partial charge in [0.05, 0.1) is 6.61 Å². The van der Waals surface area contributed by atoms with Gasteiger partial charge in [0.1, 0.15) is 24.1 Å². The van der Waals surface area contributed by atoms with Gasteiger partial charge in [-0.1, -0.05) is 32.4 Å². The summed E-state index contributed by atoms with van der Waals surface area (Å²) in [6.45, 7) is 7.67. The van der Waals surface area contributed by atoms with Crippen LogP contribution in [0.4, 0.5) is 4.39 Å². The van der Waals surface area contributed by atoms with Crippen LogP contribution in [0.2, 0.25) is 0 Å². The van der Waals surface area contributed by atoms with Gasteiger partial charge in [-0.2, -0.15) is 0 Å². The quantitative estimate of drug-likeness (QED) is 0.684. The van der Waals surface area contributed by atoms with Gasteiger partial charge in [0, 0.05) is 6.42 Å². The van der Waals surface area contributed by atoms with Gasteiger partial charge >= 0.3 is 0 Å². The lowest BCUT2D eigenvalue weighted by molar-refractivity contribution is -0.218. The fourth-order valence-corrected chi connectivity index (χ4v) is 3.68. The van der Waals surface area contributed by atoms with Gasteiger partial charge in [0.15, 0.2) is 17.9 Å². The van der Waals surface area contributed by atoms with Gasteiger partial charge in [-0.15, -0.1) is 0 Å². The Balaban J connectivity index is 1.76. The third-order valence-corrected chi connectivity index (χ3v) is 5.08. The Morgan fingerprint density at radius 3 is 2.74 bits per heavy atom. The highest BCUT2D eigenvalue weighted by molar-refractivity contribution is 5.83. The topological polar surface area (TPSA) is 54.0 Å². The number of unbranched alkanes of at least 4 members (excludes halogenated alkanes) is 1. The zero-order valence-corrected chi connectivity index (χ0v) is 16.5. The second-order valence-electron chi connectivity index (χ2n) is 7.60. The molecule has 0 N–H and O–H groups in total. The van der Waals surface area contributed by atoms with Gasteiger partial charge in [-0.3, -0.25) is 4.79 Å². The monoisotopic (exact) mass is 380 g/mol. The second kappa shape index (κ2) is 8.35. The fourth-order valence-electron chi connectivity index (χ4n) is 3.68. The van der Waals surface area contributed by atoms with Gasteiger partial charge in [-0.05, 0) is 43.9 Å². The van der Waals surface area contributed by atoms with Crippen LogP contribution in [-0.4, -0.2) is 36.2 Å². The molecule has 2 saturated heterocycles. The van der Waals surface area contributed by atoms with Crippen molar-refractivity contribution >= 4 is 5.78 Å². The first-order chi connectivity index (χ1) is 12.9. The number of carbonyl (C=O) groups is 1. The molecular weight excluding hydrogens is 351 g/mol. The largest absolute Gasteiger partial charge is 0.367 e. The third kappa shape index (κ3) is 4.40. The van der Waals surface area contributed by atoms with Crippen LogP contribution in [0, 0.1) is 5.82 Å². The van der Waals surface area contributed by atoms with E-state index >= 15 is 0 Å². The van der Waals surface area contributed by atoms with Crippen LogP contribution in [0.3, 0.4) is 0 Å². The molecule has 4 atom stereocenters. The van der Waals surface area contributed by atoms with E-state index in [4.69, 9.17) is 18.9 Å². The van der Waals surface area contributed by atoms with E-state index in [9.17, 15) is 9.18 Å². The third-order valence-electron chi connectivity index (χ3n) is 5.08. The van der Waals surface area contributed by atoms with Gasteiger partial charge in [-0.25, -0.2) is 4.39 Å². The van der Waals surface area contributed by atoms with Crippen LogP contribution < -0.4 is 0 Å². The average Bonchev–Trinajstić information content (AvgIpc) is 3.10. The molecule has 2 aliphatic rings. The zero-order chi connectivity index (χ0) is 19.6. The molecule has 0 amide bonds. The van der Waals surface area contributed by atoms with Gasteiger partial charge < -0.3 is 18.9 Å². The van der Waals surface area contributed by atoms with E-state index in [0.29, 0.717) is 18.4 Å². The van der Waals surface area contributed by atoms with Crippen LogP contribution in [0.15, 0.2) is 18.2 Å². The molecule has 2 fully saturated rings. The van der Waals surface area contributed by atoms with Gasteiger partial charge in [0.2, 0.25) is 0 Å². The maximum absolute atomic E-state index is 14.3. The zero-order valence-electron chi connectivity index (χ0n) is 16.5. The molecule has 0 aliphatic carbocycles. The minimum absolute atomic E-state index is 0.0511. The minimum Gasteiger partial charge on any atom is -0.367 e. The first-order valence-electron chi connectivity index (χ1n) is 9.78. The Kier molecular flexibility index (Phi) is 6.31. The van der Waals surface area contributed by atoms with Crippen LogP contribution in [0.1, 0.15) is 58.1 Å². The molecule has 5 nitrogen and oxygen atoms in total. The number of Topliss-reactive ketones (excluding diaryl/α,β-unsaturated/α-hetero) is 1. The normalized spacial score (nSPS) is 29.1. The summed E-state index contributed by atoms with van der Waals surface area (Å²) in [6, 6.07) is 5.03. The molecular formula is C21H29FO5. The minimum atomic E-state index is -0.789. The maximum Gasteiger partial charge on any atom is 0.190 e. The first-order valence-corrected chi connectivity index (χ1v) is 9.78. The Hall–Kier alpha value is -1.34. The standard InChI is InChI=1S/C21H29FO5/c1-5-7-10-14-13(9-8-11-15(14)22)12-24-18-17(16(23)6-2)25-20-19(18)26-21(3,4)27-20/h8-9,11,17-20H,5-7,10,12H2,1-4H3/t17-,18+,19-,20-/m1/s1. The second-order valence-corrected chi connectivity index (χ2v) is 7.60. The number of ether oxygens (including phenoxy) is 4. The van der Waals surface area contributed by atoms with Crippen molar-refractivity contribution in [3.05, 3.63) is 35.1 Å².